The second-order valence-electron chi connectivity index (χ2n) is 6.57. The summed E-state index contributed by atoms with van der Waals surface area (Å²) >= 11 is 1.45. The van der Waals surface area contributed by atoms with E-state index < -0.39 is 0 Å². The molecule has 2 heterocycles. The average Bonchev–Trinajstić information content (AvgIpc) is 3.27. The summed E-state index contributed by atoms with van der Waals surface area (Å²) in [5.74, 6) is 0.478. The van der Waals surface area contributed by atoms with Crippen LogP contribution in [0, 0.1) is 0 Å². The molecule has 0 atom stereocenters. The summed E-state index contributed by atoms with van der Waals surface area (Å²) in [6, 6.07) is 16.5. The van der Waals surface area contributed by atoms with E-state index in [1.54, 1.807) is 31.4 Å². The Kier molecular flexibility index (Phi) is 5.12. The molecule has 6 heteroatoms. The van der Waals surface area contributed by atoms with Crippen molar-refractivity contribution in [3.05, 3.63) is 76.0 Å². The molecule has 0 aliphatic carbocycles. The highest BCUT2D eigenvalue weighted by atomic mass is 32.1. The van der Waals surface area contributed by atoms with Crippen LogP contribution in [-0.2, 0) is 6.42 Å². The van der Waals surface area contributed by atoms with Crippen molar-refractivity contribution in [1.82, 2.24) is 0 Å². The number of fused-ring (bicyclic) bond motifs is 1. The lowest BCUT2D eigenvalue weighted by Crippen LogP contribution is -2.35. The first-order chi connectivity index (χ1) is 13.7. The molecule has 3 aromatic rings. The number of nitrogens with zero attached hydrogens (tertiary/aromatic N) is 1. The van der Waals surface area contributed by atoms with Crippen molar-refractivity contribution in [1.29, 1.82) is 0 Å². The van der Waals surface area contributed by atoms with Gasteiger partial charge in [0.25, 0.3) is 11.8 Å². The molecule has 2 aromatic carbocycles. The Morgan fingerprint density at radius 2 is 2.00 bits per heavy atom. The minimum absolute atomic E-state index is 0.0316. The first kappa shape index (κ1) is 18.3. The number of aryl methyl sites for hydroxylation is 1. The number of carbonyl (C=O) groups excluding carboxylic acids is 2. The highest BCUT2D eigenvalue weighted by Crippen LogP contribution is 2.31. The van der Waals surface area contributed by atoms with Crippen LogP contribution in [0.15, 0.2) is 60.0 Å². The standard InChI is InChI=1S/C22H20N2O3S/c1-27-18-7-2-5-16(14-18)21(25)23-17-9-10-19-15(13-17)6-3-11-24(19)22(26)20-8-4-12-28-20/h2,4-5,7-10,12-14H,3,6,11H2,1H3,(H,23,25). The molecule has 5 nitrogen and oxygen atoms in total. The normalized spacial score (nSPS) is 13.0. The summed E-state index contributed by atoms with van der Waals surface area (Å²) < 4.78 is 5.18. The molecule has 28 heavy (non-hydrogen) atoms. The highest BCUT2D eigenvalue weighted by Gasteiger charge is 2.24. The topological polar surface area (TPSA) is 58.6 Å². The summed E-state index contributed by atoms with van der Waals surface area (Å²) in [4.78, 5) is 27.9. The van der Waals surface area contributed by atoms with E-state index in [1.807, 2.05) is 40.6 Å². The number of ether oxygens (including phenoxy) is 1. The molecule has 0 bridgehead atoms. The Balaban J connectivity index is 1.55. The Hall–Kier alpha value is -3.12. The molecule has 1 N–H and O–H groups in total. The van der Waals surface area contributed by atoms with Crippen LogP contribution in [0.4, 0.5) is 11.4 Å². The third kappa shape index (κ3) is 3.64. The zero-order valence-corrected chi connectivity index (χ0v) is 16.3. The smallest absolute Gasteiger partial charge is 0.268 e. The van der Waals surface area contributed by atoms with Crippen LogP contribution in [0.1, 0.15) is 32.0 Å². The Labute approximate surface area is 167 Å². The lowest BCUT2D eigenvalue weighted by Gasteiger charge is -2.29. The first-order valence-corrected chi connectivity index (χ1v) is 9.97. The molecular formula is C22H20N2O3S. The molecule has 0 fully saturated rings. The fourth-order valence-electron chi connectivity index (χ4n) is 3.39. The second kappa shape index (κ2) is 7.86. The first-order valence-electron chi connectivity index (χ1n) is 9.09. The molecule has 1 aromatic heterocycles. The quantitative estimate of drug-likeness (QED) is 0.706. The number of methoxy groups -OCH3 is 1. The van der Waals surface area contributed by atoms with Crippen molar-refractivity contribution in [2.24, 2.45) is 0 Å². The monoisotopic (exact) mass is 392 g/mol. The lowest BCUT2D eigenvalue weighted by atomic mass is 10.0. The molecule has 1 aliphatic heterocycles. The van der Waals surface area contributed by atoms with E-state index in [4.69, 9.17) is 4.74 Å². The summed E-state index contributed by atoms with van der Waals surface area (Å²) in [6.07, 6.45) is 1.78. The Morgan fingerprint density at radius 1 is 1.11 bits per heavy atom. The zero-order valence-electron chi connectivity index (χ0n) is 15.5. The van der Waals surface area contributed by atoms with E-state index in [1.165, 1.54) is 11.3 Å². The fourth-order valence-corrected chi connectivity index (χ4v) is 4.06. The van der Waals surface area contributed by atoms with Gasteiger partial charge in [0.1, 0.15) is 5.75 Å². The highest BCUT2D eigenvalue weighted by molar-refractivity contribution is 7.12. The van der Waals surface area contributed by atoms with Gasteiger partial charge in [-0.05, 0) is 66.2 Å². The number of hydrogen-bond donors (Lipinski definition) is 1. The van der Waals surface area contributed by atoms with Crippen LogP contribution < -0.4 is 15.0 Å². The van der Waals surface area contributed by atoms with Crippen LogP contribution in [0.2, 0.25) is 0 Å². The third-order valence-corrected chi connectivity index (χ3v) is 5.62. The van der Waals surface area contributed by atoms with E-state index in [9.17, 15) is 9.59 Å². The van der Waals surface area contributed by atoms with Crippen molar-refractivity contribution >= 4 is 34.5 Å². The van der Waals surface area contributed by atoms with Crippen molar-refractivity contribution in [2.75, 3.05) is 23.9 Å². The van der Waals surface area contributed by atoms with Crippen molar-refractivity contribution in [2.45, 2.75) is 12.8 Å². The summed E-state index contributed by atoms with van der Waals surface area (Å²) in [6.45, 7) is 0.708. The van der Waals surface area contributed by atoms with Gasteiger partial charge in [-0.15, -0.1) is 11.3 Å². The van der Waals surface area contributed by atoms with Crippen LogP contribution in [0.25, 0.3) is 0 Å². The minimum Gasteiger partial charge on any atom is -0.497 e. The van der Waals surface area contributed by atoms with E-state index in [0.717, 1.165) is 34.7 Å². The number of nitrogens with one attached hydrogen (secondary N) is 1. The van der Waals surface area contributed by atoms with Crippen LogP contribution in [-0.4, -0.2) is 25.5 Å². The van der Waals surface area contributed by atoms with Gasteiger partial charge < -0.3 is 15.0 Å². The predicted octanol–water partition coefficient (Wildman–Crippen LogP) is 4.60. The van der Waals surface area contributed by atoms with Gasteiger partial charge in [0, 0.05) is 23.5 Å². The van der Waals surface area contributed by atoms with Gasteiger partial charge in [-0.2, -0.15) is 0 Å². The maximum atomic E-state index is 12.8. The largest absolute Gasteiger partial charge is 0.497 e. The van der Waals surface area contributed by atoms with E-state index in [2.05, 4.69) is 5.32 Å². The van der Waals surface area contributed by atoms with Crippen molar-refractivity contribution in [3.63, 3.8) is 0 Å². The maximum absolute atomic E-state index is 12.8. The van der Waals surface area contributed by atoms with Gasteiger partial charge in [0.15, 0.2) is 0 Å². The molecule has 4 rings (SSSR count). The molecule has 0 saturated heterocycles. The molecule has 2 amide bonds. The van der Waals surface area contributed by atoms with Gasteiger partial charge in [0.2, 0.25) is 0 Å². The number of amides is 2. The van der Waals surface area contributed by atoms with Gasteiger partial charge in [0.05, 0.1) is 12.0 Å². The average molecular weight is 392 g/mol. The van der Waals surface area contributed by atoms with Gasteiger partial charge in [-0.1, -0.05) is 12.1 Å². The molecule has 0 radical (unpaired) electrons. The number of thiophene rings is 1. The van der Waals surface area contributed by atoms with E-state index in [0.29, 0.717) is 17.9 Å². The molecule has 0 unspecified atom stereocenters. The van der Waals surface area contributed by atoms with E-state index in [-0.39, 0.29) is 11.8 Å². The second-order valence-corrected chi connectivity index (χ2v) is 7.51. The maximum Gasteiger partial charge on any atom is 0.268 e. The number of anilines is 2. The minimum atomic E-state index is -0.193. The fraction of sp³-hybridized carbons (Fsp3) is 0.182. The van der Waals surface area contributed by atoms with Crippen LogP contribution >= 0.6 is 11.3 Å². The Bertz CT molecular complexity index is 1010. The number of carbonyl (C=O) groups is 2. The lowest BCUT2D eigenvalue weighted by molar-refractivity contribution is 0.0987. The Morgan fingerprint density at radius 3 is 2.79 bits per heavy atom. The number of rotatable bonds is 4. The SMILES string of the molecule is COc1cccc(C(=O)Nc2ccc3c(c2)CCCN3C(=O)c2cccs2)c1. The van der Waals surface area contributed by atoms with Gasteiger partial charge in [-0.25, -0.2) is 0 Å². The summed E-state index contributed by atoms with van der Waals surface area (Å²) in [5.41, 5.74) is 3.24. The molecule has 0 saturated carbocycles. The molecule has 0 spiro atoms. The van der Waals surface area contributed by atoms with Gasteiger partial charge >= 0.3 is 0 Å². The van der Waals surface area contributed by atoms with E-state index >= 15 is 0 Å². The number of benzene rings is 2. The summed E-state index contributed by atoms with van der Waals surface area (Å²) in [5, 5.41) is 4.85. The molecule has 1 aliphatic rings. The third-order valence-electron chi connectivity index (χ3n) is 4.77. The van der Waals surface area contributed by atoms with Gasteiger partial charge in [-0.3, -0.25) is 9.59 Å². The number of hydrogen-bond acceptors (Lipinski definition) is 4. The predicted molar refractivity (Wildman–Crippen MR) is 112 cm³/mol. The molecular weight excluding hydrogens is 372 g/mol. The molecule has 142 valence electrons. The van der Waals surface area contributed by atoms with Crippen molar-refractivity contribution < 1.29 is 14.3 Å². The summed E-state index contributed by atoms with van der Waals surface area (Å²) in [7, 11) is 1.57. The van der Waals surface area contributed by atoms with Crippen molar-refractivity contribution in [3.8, 4) is 5.75 Å². The zero-order chi connectivity index (χ0) is 19.5. The van der Waals surface area contributed by atoms with Crippen LogP contribution in [0.3, 0.4) is 0 Å². The van der Waals surface area contributed by atoms with Crippen LogP contribution in [0.5, 0.6) is 5.75 Å².